The number of imidazole rings is 1. The lowest BCUT2D eigenvalue weighted by Crippen LogP contribution is -2.52. The van der Waals surface area contributed by atoms with Gasteiger partial charge in [0.15, 0.2) is 0 Å². The number of piperazine rings is 1. The molecule has 18 heavy (non-hydrogen) atoms. The third kappa shape index (κ3) is 2.01. The molecule has 0 saturated carbocycles. The van der Waals surface area contributed by atoms with Crippen molar-refractivity contribution in [3.63, 3.8) is 0 Å². The van der Waals surface area contributed by atoms with Gasteiger partial charge in [-0.2, -0.15) is 0 Å². The van der Waals surface area contributed by atoms with Gasteiger partial charge in [-0.25, -0.2) is 4.98 Å². The molecule has 1 saturated heterocycles. The first kappa shape index (κ1) is 12.3. The van der Waals surface area contributed by atoms with E-state index in [9.17, 15) is 9.59 Å². The molecule has 1 aliphatic heterocycles. The van der Waals surface area contributed by atoms with Crippen molar-refractivity contribution in [2.75, 3.05) is 24.5 Å². The molecule has 2 rings (SSSR count). The van der Waals surface area contributed by atoms with Crippen LogP contribution in [0.15, 0.2) is 18.9 Å². The Bertz CT molecular complexity index is 506. The molecule has 0 radical (unpaired) electrons. The first-order valence-electron chi connectivity index (χ1n) is 5.74. The van der Waals surface area contributed by atoms with Gasteiger partial charge in [0.1, 0.15) is 18.2 Å². The van der Waals surface area contributed by atoms with Crippen LogP contribution in [0.4, 0.5) is 5.82 Å². The van der Waals surface area contributed by atoms with Crippen LogP contribution in [0.5, 0.6) is 0 Å². The second-order valence-corrected chi connectivity index (χ2v) is 4.23. The number of hydrogen-bond acceptors (Lipinski definition) is 3. The van der Waals surface area contributed by atoms with Crippen LogP contribution in [-0.2, 0) is 16.6 Å². The van der Waals surface area contributed by atoms with Gasteiger partial charge >= 0.3 is 0 Å². The first-order chi connectivity index (χ1) is 8.54. The van der Waals surface area contributed by atoms with Gasteiger partial charge in [-0.1, -0.05) is 6.58 Å². The Hall–Kier alpha value is -2.11. The smallest absolute Gasteiger partial charge is 0.247 e. The average Bonchev–Trinajstić information content (AvgIpc) is 2.69. The van der Waals surface area contributed by atoms with Gasteiger partial charge in [0.2, 0.25) is 11.8 Å². The molecule has 0 atom stereocenters. The zero-order valence-electron chi connectivity index (χ0n) is 10.6. The molecule has 0 aromatic carbocycles. The topological polar surface area (TPSA) is 58.4 Å². The second-order valence-electron chi connectivity index (χ2n) is 4.23. The standard InChI is InChI=1S/C12H16N4O2/c1-4-11(17)15-5-6-16(12(18)8-15)10-7-13-9(2)14(10)3/h4,7H,1,5-6,8H2,2-3H3. The van der Waals surface area contributed by atoms with Crippen LogP contribution < -0.4 is 4.90 Å². The Morgan fingerprint density at radius 3 is 2.72 bits per heavy atom. The summed E-state index contributed by atoms with van der Waals surface area (Å²) in [6, 6.07) is 0. The van der Waals surface area contributed by atoms with Gasteiger partial charge < -0.3 is 9.47 Å². The van der Waals surface area contributed by atoms with E-state index >= 15 is 0 Å². The summed E-state index contributed by atoms with van der Waals surface area (Å²) in [6.07, 6.45) is 2.91. The number of aryl methyl sites for hydroxylation is 1. The molecule has 0 unspecified atom stereocenters. The summed E-state index contributed by atoms with van der Waals surface area (Å²) < 4.78 is 1.86. The SMILES string of the molecule is C=CC(=O)N1CCN(c2cnc(C)n2C)C(=O)C1. The van der Waals surface area contributed by atoms with E-state index in [1.807, 2.05) is 18.5 Å². The maximum absolute atomic E-state index is 12.0. The average molecular weight is 248 g/mol. The lowest BCUT2D eigenvalue weighted by molar-refractivity contribution is -0.133. The maximum Gasteiger partial charge on any atom is 0.247 e. The van der Waals surface area contributed by atoms with Crippen LogP contribution in [-0.4, -0.2) is 45.9 Å². The number of anilines is 1. The number of carbonyl (C=O) groups is 2. The van der Waals surface area contributed by atoms with Crippen molar-refractivity contribution in [3.05, 3.63) is 24.7 Å². The number of aromatic nitrogens is 2. The number of hydrogen-bond donors (Lipinski definition) is 0. The van der Waals surface area contributed by atoms with E-state index in [1.165, 1.54) is 11.0 Å². The summed E-state index contributed by atoms with van der Waals surface area (Å²) in [7, 11) is 1.87. The molecule has 1 aliphatic rings. The molecule has 2 heterocycles. The minimum atomic E-state index is -0.204. The Kier molecular flexibility index (Phi) is 3.18. The van der Waals surface area contributed by atoms with Crippen LogP contribution in [0.25, 0.3) is 0 Å². The van der Waals surface area contributed by atoms with Gasteiger partial charge in [0, 0.05) is 20.1 Å². The molecule has 1 fully saturated rings. The highest BCUT2D eigenvalue weighted by Crippen LogP contribution is 2.17. The van der Waals surface area contributed by atoms with Crippen molar-refractivity contribution in [1.29, 1.82) is 0 Å². The van der Waals surface area contributed by atoms with Crippen molar-refractivity contribution in [3.8, 4) is 0 Å². The van der Waals surface area contributed by atoms with Gasteiger partial charge in [-0.05, 0) is 13.0 Å². The summed E-state index contributed by atoms with van der Waals surface area (Å²) in [4.78, 5) is 30.8. The molecule has 96 valence electrons. The fourth-order valence-electron chi connectivity index (χ4n) is 1.97. The van der Waals surface area contributed by atoms with Crippen molar-refractivity contribution in [2.45, 2.75) is 6.92 Å². The number of amides is 2. The predicted octanol–water partition coefficient (Wildman–Crippen LogP) is 0.0897. The molecule has 0 spiro atoms. The van der Waals surface area contributed by atoms with E-state index in [4.69, 9.17) is 0 Å². The van der Waals surface area contributed by atoms with Crippen molar-refractivity contribution < 1.29 is 9.59 Å². The fourth-order valence-corrected chi connectivity index (χ4v) is 1.97. The van der Waals surface area contributed by atoms with E-state index in [0.717, 1.165) is 11.6 Å². The van der Waals surface area contributed by atoms with Crippen LogP contribution in [0.3, 0.4) is 0 Å². The van der Waals surface area contributed by atoms with Gasteiger partial charge in [-0.15, -0.1) is 0 Å². The van der Waals surface area contributed by atoms with Crippen LogP contribution in [0.1, 0.15) is 5.82 Å². The molecule has 0 aliphatic carbocycles. The normalized spacial score (nSPS) is 16.0. The molecule has 0 N–H and O–H groups in total. The fraction of sp³-hybridized carbons (Fsp3) is 0.417. The van der Waals surface area contributed by atoms with Gasteiger partial charge in [0.05, 0.1) is 6.20 Å². The lowest BCUT2D eigenvalue weighted by Gasteiger charge is -2.33. The largest absolute Gasteiger partial charge is 0.328 e. The molecule has 1 aromatic heterocycles. The highest BCUT2D eigenvalue weighted by atomic mass is 16.2. The molecule has 0 bridgehead atoms. The van der Waals surface area contributed by atoms with E-state index in [0.29, 0.717) is 13.1 Å². The Morgan fingerprint density at radius 1 is 1.50 bits per heavy atom. The lowest BCUT2D eigenvalue weighted by atomic mass is 10.3. The number of carbonyl (C=O) groups excluding carboxylic acids is 2. The zero-order valence-corrected chi connectivity index (χ0v) is 10.6. The minimum Gasteiger partial charge on any atom is -0.328 e. The van der Waals surface area contributed by atoms with Crippen molar-refractivity contribution in [2.24, 2.45) is 7.05 Å². The summed E-state index contributed by atoms with van der Waals surface area (Å²) in [6.45, 7) is 6.40. The molecular weight excluding hydrogens is 232 g/mol. The van der Waals surface area contributed by atoms with Gasteiger partial charge in [-0.3, -0.25) is 14.5 Å². The summed E-state index contributed by atoms with van der Waals surface area (Å²) in [5.41, 5.74) is 0. The minimum absolute atomic E-state index is 0.0923. The van der Waals surface area contributed by atoms with Crippen molar-refractivity contribution in [1.82, 2.24) is 14.5 Å². The van der Waals surface area contributed by atoms with Crippen molar-refractivity contribution >= 4 is 17.6 Å². The number of rotatable bonds is 2. The maximum atomic E-state index is 12.0. The molecule has 6 heteroatoms. The highest BCUT2D eigenvalue weighted by Gasteiger charge is 2.28. The quantitative estimate of drug-likeness (QED) is 0.697. The number of nitrogens with zero attached hydrogens (tertiary/aromatic N) is 4. The predicted molar refractivity (Wildman–Crippen MR) is 67.1 cm³/mol. The monoisotopic (exact) mass is 248 g/mol. The Labute approximate surface area is 106 Å². The van der Waals surface area contributed by atoms with E-state index < -0.39 is 0 Å². The van der Waals surface area contributed by atoms with Crippen LogP contribution in [0.2, 0.25) is 0 Å². The first-order valence-corrected chi connectivity index (χ1v) is 5.74. The zero-order chi connectivity index (χ0) is 13.3. The molecule has 2 amide bonds. The Balaban J connectivity index is 2.15. The van der Waals surface area contributed by atoms with Gasteiger partial charge in [0.25, 0.3) is 0 Å². The second kappa shape index (κ2) is 4.64. The molecular formula is C12H16N4O2. The van der Waals surface area contributed by atoms with E-state index in [2.05, 4.69) is 11.6 Å². The Morgan fingerprint density at radius 2 is 2.22 bits per heavy atom. The third-order valence-electron chi connectivity index (χ3n) is 3.18. The third-order valence-corrected chi connectivity index (χ3v) is 3.18. The highest BCUT2D eigenvalue weighted by molar-refractivity contribution is 5.99. The van der Waals surface area contributed by atoms with Crippen LogP contribution >= 0.6 is 0 Å². The molecule has 1 aromatic rings. The summed E-state index contributed by atoms with van der Waals surface area (Å²) in [5, 5.41) is 0. The molecule has 6 nitrogen and oxygen atoms in total. The van der Waals surface area contributed by atoms with E-state index in [1.54, 1.807) is 11.1 Å². The van der Waals surface area contributed by atoms with E-state index in [-0.39, 0.29) is 18.4 Å². The van der Waals surface area contributed by atoms with Crippen LogP contribution in [0, 0.1) is 6.92 Å². The summed E-state index contributed by atoms with van der Waals surface area (Å²) in [5.74, 6) is 1.31. The summed E-state index contributed by atoms with van der Waals surface area (Å²) >= 11 is 0.